The van der Waals surface area contributed by atoms with Crippen LogP contribution in [0.4, 0.5) is 0 Å². The van der Waals surface area contributed by atoms with E-state index in [2.05, 4.69) is 47.5 Å². The maximum absolute atomic E-state index is 7.72. The summed E-state index contributed by atoms with van der Waals surface area (Å²) >= 11 is 13.6. The summed E-state index contributed by atoms with van der Waals surface area (Å²) in [5.41, 5.74) is 0. The van der Waals surface area contributed by atoms with Gasteiger partial charge in [0.05, 0.1) is 0 Å². The first-order chi connectivity index (χ1) is 4.00. The van der Waals surface area contributed by atoms with Crippen molar-refractivity contribution in [2.24, 2.45) is 0 Å². The van der Waals surface area contributed by atoms with Crippen LogP contribution in [0, 0.1) is 0 Å². The smallest absolute Gasteiger partial charge is 0.769 e. The summed E-state index contributed by atoms with van der Waals surface area (Å²) < 4.78 is 30.9. The molecule has 0 aliphatic heterocycles. The second kappa shape index (κ2) is 272. The third-order valence-corrected chi connectivity index (χ3v) is 0. The molecule has 0 aliphatic rings. The maximum atomic E-state index is 7.72. The van der Waals surface area contributed by atoms with E-state index in [0.717, 1.165) is 0 Å². The van der Waals surface area contributed by atoms with Gasteiger partial charge in [-0.2, -0.15) is 0 Å². The first-order valence-electron chi connectivity index (χ1n) is 0.617. The van der Waals surface area contributed by atoms with Gasteiger partial charge in [0.1, 0.15) is 0 Å². The Hall–Kier alpha value is 1.62. The minimum absolute atomic E-state index is 0. The molecule has 9 heavy (non-hydrogen) atoms. The number of hydrogen-bond acceptors (Lipinski definition) is 4. The molecule has 0 saturated heterocycles. The third kappa shape index (κ3) is 212. The van der Waals surface area contributed by atoms with Gasteiger partial charge in [-0.15, -0.1) is 0 Å². The van der Waals surface area contributed by atoms with Crippen LogP contribution < -0.4 is 18.6 Å². The van der Waals surface area contributed by atoms with Crippen molar-refractivity contribution in [3.05, 3.63) is 0 Å². The van der Waals surface area contributed by atoms with Gasteiger partial charge >= 0.3 is 19.5 Å². The van der Waals surface area contributed by atoms with Crippen molar-refractivity contribution < 1.29 is 38.1 Å². The second-order valence-electron chi connectivity index (χ2n) is 0. The van der Waals surface area contributed by atoms with Crippen LogP contribution >= 0.6 is 47.5 Å². The predicted molar refractivity (Wildman–Crippen MR) is 23.4 cm³/mol. The van der Waals surface area contributed by atoms with Crippen molar-refractivity contribution in [1.82, 2.24) is 0 Å². The minimum Gasteiger partial charge on any atom is -0.769 e. The average Bonchev–Trinajstić information content (AvgIpc) is 2.03. The molecular formula is Cl4O4Ru. The van der Waals surface area contributed by atoms with Gasteiger partial charge in [0, 0.05) is 0 Å². The molecule has 0 unspecified atom stereocenters. The molecule has 4 nitrogen and oxygen atoms in total. The summed E-state index contributed by atoms with van der Waals surface area (Å²) in [6.45, 7) is 0. The molecule has 0 radical (unpaired) electrons. The number of rotatable bonds is 0. The second-order valence-corrected chi connectivity index (χ2v) is 0. The summed E-state index contributed by atoms with van der Waals surface area (Å²) in [7, 11) is 0. The van der Waals surface area contributed by atoms with Crippen LogP contribution in [0.1, 0.15) is 0 Å². The van der Waals surface area contributed by atoms with Crippen LogP contribution in [0.2, 0.25) is 0 Å². The topological polar surface area (TPSA) is 92.2 Å². The minimum atomic E-state index is 0. The van der Waals surface area contributed by atoms with E-state index in [9.17, 15) is 0 Å². The molecule has 0 aliphatic carbocycles. The maximum Gasteiger partial charge on any atom is 4.00 e. The van der Waals surface area contributed by atoms with Gasteiger partial charge in [-0.25, -0.2) is 47.5 Å². The van der Waals surface area contributed by atoms with Crippen molar-refractivity contribution >= 4 is 47.5 Å². The first-order valence-corrected chi connectivity index (χ1v) is 1.85. The molecule has 0 atom stereocenters. The Morgan fingerprint density at radius 3 is 0.444 bits per heavy atom. The molecule has 0 aromatic carbocycles. The Bertz CT molecular complexity index is 12.5. The molecule has 0 saturated carbocycles. The van der Waals surface area contributed by atoms with Crippen molar-refractivity contribution in [1.29, 1.82) is 0 Å². The van der Waals surface area contributed by atoms with E-state index in [-0.39, 0.29) is 19.5 Å². The van der Waals surface area contributed by atoms with Gasteiger partial charge in [-0.1, -0.05) is 0 Å². The Balaban J connectivity index is -0.00000000762. The van der Waals surface area contributed by atoms with E-state index < -0.39 is 0 Å². The molecule has 60 valence electrons. The molecule has 0 bridgehead atoms. The Kier molecular flexibility index (Phi) is 939. The molecule has 9 heteroatoms. The Morgan fingerprint density at radius 2 is 0.444 bits per heavy atom. The van der Waals surface area contributed by atoms with Gasteiger partial charge in [-0.3, -0.25) is 0 Å². The molecule has 0 spiro atoms. The average molecular weight is 307 g/mol. The van der Waals surface area contributed by atoms with Gasteiger partial charge in [0.25, 0.3) is 0 Å². The standard InChI is InChI=1S/4ClO.Ru/c4*1-2;/q4*-1;+4. The van der Waals surface area contributed by atoms with Crippen LogP contribution in [0.5, 0.6) is 0 Å². The third-order valence-electron chi connectivity index (χ3n) is 0. The van der Waals surface area contributed by atoms with Crippen molar-refractivity contribution in [3.63, 3.8) is 0 Å². The number of hydrogen-bond donors (Lipinski definition) is 0. The summed E-state index contributed by atoms with van der Waals surface area (Å²) in [6, 6.07) is 0. The largest absolute Gasteiger partial charge is 4.00 e. The van der Waals surface area contributed by atoms with E-state index in [1.54, 1.807) is 0 Å². The molecular weight excluding hydrogens is 307 g/mol. The molecule has 0 fully saturated rings. The first kappa shape index (κ1) is 31.1. The van der Waals surface area contributed by atoms with E-state index in [0.29, 0.717) is 0 Å². The zero-order chi connectivity index (χ0) is 8.00. The van der Waals surface area contributed by atoms with Gasteiger partial charge < -0.3 is 18.6 Å². The van der Waals surface area contributed by atoms with Crippen molar-refractivity contribution in [3.8, 4) is 0 Å². The number of halogens is 4. The molecule has 0 aromatic heterocycles. The zero-order valence-electron chi connectivity index (χ0n) is 3.50. The fraction of sp³-hybridized carbons (Fsp3) is 0. The summed E-state index contributed by atoms with van der Waals surface area (Å²) in [5.74, 6) is 0. The van der Waals surface area contributed by atoms with E-state index in [1.165, 1.54) is 0 Å². The molecule has 0 heterocycles. The van der Waals surface area contributed by atoms with E-state index >= 15 is 0 Å². The zero-order valence-corrected chi connectivity index (χ0v) is 8.26. The molecule has 0 amide bonds. The van der Waals surface area contributed by atoms with Crippen molar-refractivity contribution in [2.75, 3.05) is 0 Å². The van der Waals surface area contributed by atoms with Crippen LogP contribution in [0.25, 0.3) is 0 Å². The van der Waals surface area contributed by atoms with Crippen molar-refractivity contribution in [2.45, 2.75) is 0 Å². The van der Waals surface area contributed by atoms with Crippen LogP contribution in [0.15, 0.2) is 0 Å². The van der Waals surface area contributed by atoms with Gasteiger partial charge in [0.2, 0.25) is 0 Å². The summed E-state index contributed by atoms with van der Waals surface area (Å²) in [5, 5.41) is 0. The summed E-state index contributed by atoms with van der Waals surface area (Å²) in [4.78, 5) is 0. The molecule has 0 aromatic rings. The quantitative estimate of drug-likeness (QED) is 0.484. The fourth-order valence-corrected chi connectivity index (χ4v) is 0. The van der Waals surface area contributed by atoms with Crippen LogP contribution in [0.3, 0.4) is 0 Å². The monoisotopic (exact) mass is 306 g/mol. The molecule has 0 rings (SSSR count). The van der Waals surface area contributed by atoms with Crippen LogP contribution in [-0.4, -0.2) is 0 Å². The molecule has 0 N–H and O–H groups in total. The Morgan fingerprint density at radius 1 is 0.444 bits per heavy atom. The van der Waals surface area contributed by atoms with E-state index in [1.807, 2.05) is 0 Å². The van der Waals surface area contributed by atoms with Crippen LogP contribution in [-0.2, 0) is 19.5 Å². The normalized spacial score (nSPS) is 2.67. The predicted octanol–water partition coefficient (Wildman–Crippen LogP) is -2.00. The van der Waals surface area contributed by atoms with Gasteiger partial charge in [-0.05, 0) is 0 Å². The Labute approximate surface area is 85.4 Å². The fourth-order valence-electron chi connectivity index (χ4n) is 0. The summed E-state index contributed by atoms with van der Waals surface area (Å²) in [6.07, 6.45) is 0. The van der Waals surface area contributed by atoms with Gasteiger partial charge in [0.15, 0.2) is 0 Å². The van der Waals surface area contributed by atoms with E-state index in [4.69, 9.17) is 18.6 Å². The SMILES string of the molecule is [O-]Cl.[O-]Cl.[O-]Cl.[O-]Cl.[Ru+4].